The lowest BCUT2D eigenvalue weighted by Crippen LogP contribution is -2.13. The molecule has 5 heteroatoms. The number of benzene rings is 2. The predicted octanol–water partition coefficient (Wildman–Crippen LogP) is 3.43. The van der Waals surface area contributed by atoms with Crippen molar-refractivity contribution < 1.29 is 9.18 Å². The lowest BCUT2D eigenvalue weighted by molar-refractivity contribution is -0.113. The minimum atomic E-state index is -0.295. The fourth-order valence-corrected chi connectivity index (χ4v) is 2.20. The van der Waals surface area contributed by atoms with E-state index < -0.39 is 0 Å². The normalized spacial score (nSPS) is 9.80. The second-order valence-corrected chi connectivity index (χ2v) is 5.03. The molecular weight excluding hydrogens is 275 g/mol. The van der Waals surface area contributed by atoms with Crippen LogP contribution in [0, 0.1) is 17.1 Å². The third-order valence-corrected chi connectivity index (χ3v) is 3.49. The molecule has 3 nitrogen and oxygen atoms in total. The number of thioether (sulfide) groups is 1. The summed E-state index contributed by atoms with van der Waals surface area (Å²) in [6.45, 7) is 0. The Morgan fingerprint density at radius 1 is 1.15 bits per heavy atom. The Morgan fingerprint density at radius 2 is 1.80 bits per heavy atom. The van der Waals surface area contributed by atoms with E-state index in [2.05, 4.69) is 5.32 Å². The zero-order chi connectivity index (χ0) is 14.4. The number of carbonyl (C=O) groups is 1. The third-order valence-electron chi connectivity index (χ3n) is 2.48. The summed E-state index contributed by atoms with van der Waals surface area (Å²) in [4.78, 5) is 12.6. The molecule has 100 valence electrons. The Kier molecular flexibility index (Phi) is 4.75. The summed E-state index contributed by atoms with van der Waals surface area (Å²) in [7, 11) is 0. The molecule has 2 aromatic rings. The van der Waals surface area contributed by atoms with E-state index >= 15 is 0 Å². The van der Waals surface area contributed by atoms with Crippen molar-refractivity contribution in [1.29, 1.82) is 5.26 Å². The largest absolute Gasteiger partial charge is 0.325 e. The Bertz CT molecular complexity index is 632. The van der Waals surface area contributed by atoms with Crippen LogP contribution in [0.4, 0.5) is 10.1 Å². The highest BCUT2D eigenvalue weighted by Crippen LogP contribution is 2.18. The van der Waals surface area contributed by atoms with Crippen LogP contribution in [0.5, 0.6) is 0 Å². The van der Waals surface area contributed by atoms with Crippen molar-refractivity contribution in [2.24, 2.45) is 0 Å². The van der Waals surface area contributed by atoms with Gasteiger partial charge in [-0.1, -0.05) is 0 Å². The zero-order valence-electron chi connectivity index (χ0n) is 10.5. The van der Waals surface area contributed by atoms with E-state index in [9.17, 15) is 9.18 Å². The number of anilines is 1. The summed E-state index contributed by atoms with van der Waals surface area (Å²) in [6.07, 6.45) is 0. The molecule has 0 fully saturated rings. The first kappa shape index (κ1) is 14.1. The molecule has 1 amide bonds. The van der Waals surface area contributed by atoms with Gasteiger partial charge in [-0.05, 0) is 48.5 Å². The standard InChI is InChI=1S/C15H11FN2OS/c16-12-3-7-14(8-4-12)20-10-15(19)18-13-5-1-11(9-17)2-6-13/h1-8H,10H2,(H,18,19). The zero-order valence-corrected chi connectivity index (χ0v) is 11.3. The predicted molar refractivity (Wildman–Crippen MR) is 76.9 cm³/mol. The third kappa shape index (κ3) is 4.11. The van der Waals surface area contributed by atoms with E-state index in [0.29, 0.717) is 11.3 Å². The highest BCUT2D eigenvalue weighted by atomic mass is 32.2. The number of nitrogens with zero attached hydrogens (tertiary/aromatic N) is 1. The molecule has 0 saturated heterocycles. The van der Waals surface area contributed by atoms with E-state index in [1.54, 1.807) is 36.4 Å². The van der Waals surface area contributed by atoms with Gasteiger partial charge in [0.15, 0.2) is 0 Å². The highest BCUT2D eigenvalue weighted by Gasteiger charge is 2.04. The molecule has 0 atom stereocenters. The average Bonchev–Trinajstić information content (AvgIpc) is 2.47. The highest BCUT2D eigenvalue weighted by molar-refractivity contribution is 8.00. The molecule has 0 aliphatic heterocycles. The van der Waals surface area contributed by atoms with Crippen LogP contribution in [0.3, 0.4) is 0 Å². The molecule has 0 saturated carbocycles. The maximum Gasteiger partial charge on any atom is 0.234 e. The van der Waals surface area contributed by atoms with Crippen LogP contribution in [-0.4, -0.2) is 11.7 Å². The second-order valence-electron chi connectivity index (χ2n) is 3.98. The SMILES string of the molecule is N#Cc1ccc(NC(=O)CSc2ccc(F)cc2)cc1. The quantitative estimate of drug-likeness (QED) is 0.876. The summed E-state index contributed by atoms with van der Waals surface area (Å²) >= 11 is 1.33. The lowest BCUT2D eigenvalue weighted by Gasteiger charge is -2.05. The maximum absolute atomic E-state index is 12.7. The van der Waals surface area contributed by atoms with Gasteiger partial charge in [-0.2, -0.15) is 5.26 Å². The number of hydrogen-bond donors (Lipinski definition) is 1. The van der Waals surface area contributed by atoms with Gasteiger partial charge in [-0.3, -0.25) is 4.79 Å². The number of rotatable bonds is 4. The van der Waals surface area contributed by atoms with Gasteiger partial charge in [0.25, 0.3) is 0 Å². The molecule has 1 N–H and O–H groups in total. The molecule has 20 heavy (non-hydrogen) atoms. The minimum absolute atomic E-state index is 0.149. The minimum Gasteiger partial charge on any atom is -0.325 e. The fraction of sp³-hybridized carbons (Fsp3) is 0.0667. The second kappa shape index (κ2) is 6.73. The van der Waals surface area contributed by atoms with Crippen molar-refractivity contribution in [3.8, 4) is 6.07 Å². The summed E-state index contributed by atoms with van der Waals surface area (Å²) in [6, 6.07) is 14.6. The Morgan fingerprint density at radius 3 is 2.40 bits per heavy atom. The first-order valence-corrected chi connectivity index (χ1v) is 6.84. The van der Waals surface area contributed by atoms with Gasteiger partial charge >= 0.3 is 0 Å². The number of hydrogen-bond acceptors (Lipinski definition) is 3. The van der Waals surface area contributed by atoms with Crippen molar-refractivity contribution in [1.82, 2.24) is 0 Å². The van der Waals surface area contributed by atoms with Crippen LogP contribution >= 0.6 is 11.8 Å². The van der Waals surface area contributed by atoms with Crippen molar-refractivity contribution in [2.45, 2.75) is 4.90 Å². The van der Waals surface area contributed by atoms with Crippen LogP contribution < -0.4 is 5.32 Å². The van der Waals surface area contributed by atoms with Crippen molar-refractivity contribution in [2.75, 3.05) is 11.1 Å². The molecule has 0 aliphatic rings. The smallest absolute Gasteiger partial charge is 0.234 e. The molecule has 0 unspecified atom stereocenters. The van der Waals surface area contributed by atoms with Gasteiger partial charge in [-0.25, -0.2) is 4.39 Å². The lowest BCUT2D eigenvalue weighted by atomic mass is 10.2. The first-order valence-electron chi connectivity index (χ1n) is 5.86. The van der Waals surface area contributed by atoms with Crippen molar-refractivity contribution in [3.63, 3.8) is 0 Å². The monoisotopic (exact) mass is 286 g/mol. The summed E-state index contributed by atoms with van der Waals surface area (Å²) < 4.78 is 12.7. The van der Waals surface area contributed by atoms with Gasteiger partial charge < -0.3 is 5.32 Å². The molecule has 2 aromatic carbocycles. The van der Waals surface area contributed by atoms with Gasteiger partial charge in [0.05, 0.1) is 17.4 Å². The number of carbonyl (C=O) groups excluding carboxylic acids is 1. The van der Waals surface area contributed by atoms with Crippen molar-refractivity contribution in [3.05, 3.63) is 59.9 Å². The molecule has 0 aliphatic carbocycles. The molecule has 0 radical (unpaired) electrons. The summed E-state index contributed by atoms with van der Waals surface area (Å²) in [5.74, 6) is -0.202. The molecule has 0 heterocycles. The van der Waals surface area contributed by atoms with Gasteiger partial charge in [0.1, 0.15) is 5.82 Å². The van der Waals surface area contributed by atoms with Crippen LogP contribution in [-0.2, 0) is 4.79 Å². The molecule has 0 aromatic heterocycles. The van der Waals surface area contributed by atoms with Gasteiger partial charge in [0, 0.05) is 10.6 Å². The van der Waals surface area contributed by atoms with E-state index in [1.807, 2.05) is 6.07 Å². The number of nitrogens with one attached hydrogen (secondary N) is 1. The fourth-order valence-electron chi connectivity index (χ4n) is 1.50. The summed E-state index contributed by atoms with van der Waals surface area (Å²) in [5.41, 5.74) is 1.19. The summed E-state index contributed by atoms with van der Waals surface area (Å²) in [5, 5.41) is 11.4. The number of halogens is 1. The maximum atomic E-state index is 12.7. The van der Waals surface area contributed by atoms with E-state index in [4.69, 9.17) is 5.26 Å². The van der Waals surface area contributed by atoms with Crippen LogP contribution in [0.1, 0.15) is 5.56 Å². The molecular formula is C15H11FN2OS. The van der Waals surface area contributed by atoms with Crippen LogP contribution in [0.2, 0.25) is 0 Å². The Balaban J connectivity index is 1.86. The van der Waals surface area contributed by atoms with E-state index in [-0.39, 0.29) is 17.5 Å². The van der Waals surface area contributed by atoms with E-state index in [1.165, 1.54) is 23.9 Å². The van der Waals surface area contributed by atoms with Crippen LogP contribution in [0.25, 0.3) is 0 Å². The van der Waals surface area contributed by atoms with Crippen molar-refractivity contribution >= 4 is 23.4 Å². The van der Waals surface area contributed by atoms with E-state index in [0.717, 1.165) is 4.90 Å². The molecule has 0 bridgehead atoms. The first-order chi connectivity index (χ1) is 9.67. The molecule has 0 spiro atoms. The number of amides is 1. The molecule has 2 rings (SSSR count). The van der Waals surface area contributed by atoms with Gasteiger partial charge in [-0.15, -0.1) is 11.8 Å². The Hall–Kier alpha value is -2.32. The topological polar surface area (TPSA) is 52.9 Å². The average molecular weight is 286 g/mol. The van der Waals surface area contributed by atoms with Gasteiger partial charge in [0.2, 0.25) is 5.91 Å². The van der Waals surface area contributed by atoms with Crippen LogP contribution in [0.15, 0.2) is 53.4 Å². The number of nitriles is 1. The Labute approximate surface area is 120 Å².